The fraction of sp³-hybridized carbons (Fsp3) is 0.154. The quantitative estimate of drug-likeness (QED) is 0.700. The van der Waals surface area contributed by atoms with E-state index in [4.69, 9.17) is 0 Å². The molecule has 2 aromatic rings. The van der Waals surface area contributed by atoms with Crippen molar-refractivity contribution in [3.63, 3.8) is 0 Å². The van der Waals surface area contributed by atoms with Gasteiger partial charge in [0.05, 0.1) is 5.69 Å². The van der Waals surface area contributed by atoms with E-state index in [1.165, 1.54) is 0 Å². The summed E-state index contributed by atoms with van der Waals surface area (Å²) in [6.45, 7) is 2.52. The topological polar surface area (TPSA) is 42.2 Å². The molecule has 19 heavy (non-hydrogen) atoms. The van der Waals surface area contributed by atoms with Gasteiger partial charge in [-0.2, -0.15) is 0 Å². The first-order chi connectivity index (χ1) is 8.95. The lowest BCUT2D eigenvalue weighted by Crippen LogP contribution is -2.08. The van der Waals surface area contributed by atoms with Crippen LogP contribution in [0.3, 0.4) is 0 Å². The molecule has 0 aliphatic rings. The summed E-state index contributed by atoms with van der Waals surface area (Å²) >= 11 is 10.5. The third-order valence-corrected chi connectivity index (χ3v) is 4.49. The minimum atomic E-state index is -0.919. The highest BCUT2D eigenvalue weighted by Gasteiger charge is 2.18. The maximum Gasteiger partial charge on any atom is 0.352 e. The molecule has 1 heterocycles. The smallest absolute Gasteiger partial charge is 0.352 e. The van der Waals surface area contributed by atoms with Gasteiger partial charge in [0.25, 0.3) is 0 Å². The zero-order valence-electron chi connectivity index (χ0n) is 9.95. The van der Waals surface area contributed by atoms with Crippen molar-refractivity contribution in [2.45, 2.75) is 13.5 Å². The van der Waals surface area contributed by atoms with E-state index in [1.807, 2.05) is 25.1 Å². The number of carboxylic acids is 1. The molecule has 1 aromatic heterocycles. The number of nitrogens with zero attached hydrogens (tertiary/aromatic N) is 1. The lowest BCUT2D eigenvalue weighted by molar-refractivity contribution is 0.0685. The van der Waals surface area contributed by atoms with E-state index in [9.17, 15) is 9.90 Å². The van der Waals surface area contributed by atoms with Gasteiger partial charge in [0.1, 0.15) is 5.69 Å². The molecule has 0 aliphatic heterocycles. The Labute approximate surface area is 136 Å². The normalized spacial score (nSPS) is 10.7. The van der Waals surface area contributed by atoms with E-state index < -0.39 is 5.97 Å². The zero-order valence-corrected chi connectivity index (χ0v) is 14.7. The summed E-state index contributed by atoms with van der Waals surface area (Å²) in [5.41, 5.74) is 2.10. The number of aromatic nitrogens is 1. The molecule has 0 saturated heterocycles. The number of halogens is 3. The van der Waals surface area contributed by atoms with E-state index in [0.717, 1.165) is 24.7 Å². The van der Waals surface area contributed by atoms with Gasteiger partial charge in [-0.25, -0.2) is 4.79 Å². The molecule has 0 saturated carbocycles. The third kappa shape index (κ3) is 2.80. The first-order valence-electron chi connectivity index (χ1n) is 5.53. The lowest BCUT2D eigenvalue weighted by atomic mass is 10.1. The van der Waals surface area contributed by atoms with Crippen molar-refractivity contribution in [2.75, 3.05) is 0 Å². The van der Waals surface area contributed by atoms with Crippen LogP contribution in [-0.2, 0) is 6.54 Å². The number of carboxylic acid groups (broad SMARTS) is 1. The molecule has 0 unspecified atom stereocenters. The maximum absolute atomic E-state index is 11.2. The monoisotopic (exact) mass is 449 g/mol. The maximum atomic E-state index is 11.2. The zero-order chi connectivity index (χ0) is 14.2. The molecule has 100 valence electrons. The van der Waals surface area contributed by atoms with Crippen molar-refractivity contribution in [3.8, 4) is 11.3 Å². The molecule has 0 radical (unpaired) electrons. The van der Waals surface area contributed by atoms with Gasteiger partial charge in [-0.15, -0.1) is 0 Å². The third-order valence-electron chi connectivity index (χ3n) is 2.78. The van der Waals surface area contributed by atoms with Crippen LogP contribution in [0.1, 0.15) is 17.4 Å². The van der Waals surface area contributed by atoms with Crippen LogP contribution in [0.15, 0.2) is 37.7 Å². The Hall–Kier alpha value is -0.590. The van der Waals surface area contributed by atoms with Gasteiger partial charge in [0.2, 0.25) is 0 Å². The molecule has 0 bridgehead atoms. The van der Waals surface area contributed by atoms with Crippen molar-refractivity contribution < 1.29 is 9.90 Å². The number of aromatic carboxylic acids is 1. The summed E-state index contributed by atoms with van der Waals surface area (Å²) in [7, 11) is 0. The number of rotatable bonds is 3. The van der Waals surface area contributed by atoms with Crippen LogP contribution in [0.25, 0.3) is 11.3 Å². The van der Waals surface area contributed by atoms with E-state index in [0.29, 0.717) is 12.2 Å². The van der Waals surface area contributed by atoms with Gasteiger partial charge < -0.3 is 9.67 Å². The van der Waals surface area contributed by atoms with Crippen LogP contribution in [0.4, 0.5) is 0 Å². The molecule has 0 amide bonds. The number of hydrogen-bond donors (Lipinski definition) is 1. The predicted octanol–water partition coefficient (Wildman–Crippen LogP) is 5.16. The van der Waals surface area contributed by atoms with Gasteiger partial charge in [-0.3, -0.25) is 0 Å². The molecule has 1 N–H and O–H groups in total. The van der Waals surface area contributed by atoms with Gasteiger partial charge >= 0.3 is 5.97 Å². The first kappa shape index (κ1) is 14.8. The van der Waals surface area contributed by atoms with Crippen LogP contribution < -0.4 is 0 Å². The van der Waals surface area contributed by atoms with Crippen molar-refractivity contribution in [2.24, 2.45) is 0 Å². The second kappa shape index (κ2) is 5.81. The summed E-state index contributed by atoms with van der Waals surface area (Å²) in [4.78, 5) is 11.2. The highest BCUT2D eigenvalue weighted by molar-refractivity contribution is 9.11. The van der Waals surface area contributed by atoms with E-state index in [1.54, 1.807) is 10.6 Å². The van der Waals surface area contributed by atoms with Crippen molar-refractivity contribution in [1.29, 1.82) is 0 Å². The summed E-state index contributed by atoms with van der Waals surface area (Å²) in [5.74, 6) is -0.919. The highest BCUT2D eigenvalue weighted by Crippen LogP contribution is 2.38. The average Bonchev–Trinajstić information content (AvgIpc) is 2.71. The highest BCUT2D eigenvalue weighted by atomic mass is 79.9. The average molecular weight is 452 g/mol. The van der Waals surface area contributed by atoms with Crippen molar-refractivity contribution in [1.82, 2.24) is 4.57 Å². The molecule has 1 aromatic carbocycles. The lowest BCUT2D eigenvalue weighted by Gasteiger charge is -2.13. The van der Waals surface area contributed by atoms with E-state index >= 15 is 0 Å². The largest absolute Gasteiger partial charge is 0.477 e. The minimum Gasteiger partial charge on any atom is -0.477 e. The fourth-order valence-electron chi connectivity index (χ4n) is 2.00. The van der Waals surface area contributed by atoms with Gasteiger partial charge in [-0.05, 0) is 31.2 Å². The number of benzene rings is 1. The minimum absolute atomic E-state index is 0.291. The molecule has 0 fully saturated rings. The molecular weight excluding hydrogens is 442 g/mol. The first-order valence-corrected chi connectivity index (χ1v) is 7.91. The van der Waals surface area contributed by atoms with Crippen molar-refractivity contribution in [3.05, 3.63) is 43.4 Å². The summed E-state index contributed by atoms with van der Waals surface area (Å²) < 4.78 is 4.53. The molecule has 0 atom stereocenters. The number of carbonyl (C=O) groups is 1. The molecule has 0 spiro atoms. The van der Waals surface area contributed by atoms with Gasteiger partial charge in [0.15, 0.2) is 0 Å². The standard InChI is InChI=1S/C13H10Br3NO2/c1-2-17-10(3-4-11(17)13(18)19)12-8(15)5-7(14)6-9(12)16/h3-6H,2H2,1H3,(H,18,19). The summed E-state index contributed by atoms with van der Waals surface area (Å²) in [5, 5.41) is 9.19. The summed E-state index contributed by atoms with van der Waals surface area (Å²) in [6, 6.07) is 7.33. The second-order valence-corrected chi connectivity index (χ2v) is 6.52. The van der Waals surface area contributed by atoms with Crippen LogP contribution in [0.2, 0.25) is 0 Å². The SMILES string of the molecule is CCn1c(C(=O)O)ccc1-c1c(Br)cc(Br)cc1Br. The van der Waals surface area contributed by atoms with E-state index in [-0.39, 0.29) is 0 Å². The molecule has 3 nitrogen and oxygen atoms in total. The molecule has 6 heteroatoms. The molecule has 2 rings (SSSR count). The molecular formula is C13H10Br3NO2. The fourth-order valence-corrected chi connectivity index (χ4v) is 4.67. The Balaban J connectivity index is 2.69. The second-order valence-electron chi connectivity index (χ2n) is 3.90. The Bertz CT molecular complexity index is 626. The van der Waals surface area contributed by atoms with Crippen LogP contribution >= 0.6 is 47.8 Å². The van der Waals surface area contributed by atoms with Gasteiger partial charge in [0, 0.05) is 25.5 Å². The van der Waals surface area contributed by atoms with Gasteiger partial charge in [-0.1, -0.05) is 47.8 Å². The number of hydrogen-bond acceptors (Lipinski definition) is 1. The van der Waals surface area contributed by atoms with Crippen LogP contribution in [0.5, 0.6) is 0 Å². The Kier molecular flexibility index (Phi) is 4.53. The summed E-state index contributed by atoms with van der Waals surface area (Å²) in [6.07, 6.45) is 0. The van der Waals surface area contributed by atoms with Crippen molar-refractivity contribution >= 4 is 53.8 Å². The van der Waals surface area contributed by atoms with Crippen LogP contribution in [-0.4, -0.2) is 15.6 Å². The predicted molar refractivity (Wildman–Crippen MR) is 85.6 cm³/mol. The Morgan fingerprint density at radius 1 is 1.21 bits per heavy atom. The Morgan fingerprint density at radius 3 is 2.26 bits per heavy atom. The molecule has 0 aliphatic carbocycles. The van der Waals surface area contributed by atoms with Crippen LogP contribution in [0, 0.1) is 0 Å². The van der Waals surface area contributed by atoms with E-state index in [2.05, 4.69) is 47.8 Å². The Morgan fingerprint density at radius 2 is 1.79 bits per heavy atom.